The van der Waals surface area contributed by atoms with Crippen molar-refractivity contribution in [1.82, 2.24) is 14.6 Å². The van der Waals surface area contributed by atoms with Crippen LogP contribution in [0.2, 0.25) is 0 Å². The predicted molar refractivity (Wildman–Crippen MR) is 126 cm³/mol. The number of carbonyl (C=O) groups is 1. The fourth-order valence-corrected chi connectivity index (χ4v) is 4.06. The summed E-state index contributed by atoms with van der Waals surface area (Å²) in [5, 5.41) is 4.39. The van der Waals surface area contributed by atoms with Crippen molar-refractivity contribution < 1.29 is 19.0 Å². The summed E-state index contributed by atoms with van der Waals surface area (Å²) in [6, 6.07) is 12.6. The molecule has 0 unspecified atom stereocenters. The normalized spacial score (nSPS) is 11.7. The van der Waals surface area contributed by atoms with Crippen molar-refractivity contribution >= 4 is 28.3 Å². The zero-order valence-corrected chi connectivity index (χ0v) is 19.3. The number of aromatic nitrogens is 3. The molecule has 2 aromatic heterocycles. The molecule has 2 aromatic carbocycles. The van der Waals surface area contributed by atoms with Crippen molar-refractivity contribution in [2.75, 3.05) is 13.7 Å². The molecular weight excluding hydrogens is 442 g/mol. The van der Waals surface area contributed by atoms with Crippen LogP contribution in [0.4, 0.5) is 0 Å². The minimum atomic E-state index is -0.438. The molecule has 0 fully saturated rings. The lowest BCUT2D eigenvalue weighted by molar-refractivity contribution is -0.132. The second-order valence-electron chi connectivity index (χ2n) is 7.28. The second kappa shape index (κ2) is 9.83. The smallest absolute Gasteiger partial charge is 0.308 e. The molecule has 0 N–H and O–H groups in total. The lowest BCUT2D eigenvalue weighted by atomic mass is 10.2. The van der Waals surface area contributed by atoms with E-state index in [1.54, 1.807) is 24.3 Å². The van der Waals surface area contributed by atoms with E-state index in [4.69, 9.17) is 14.2 Å². The van der Waals surface area contributed by atoms with Gasteiger partial charge in [-0.05, 0) is 54.5 Å². The minimum absolute atomic E-state index is 0.253. The number of rotatable bonds is 8. The molecule has 4 aromatic rings. The monoisotopic (exact) mass is 465 g/mol. The van der Waals surface area contributed by atoms with E-state index in [0.29, 0.717) is 33.4 Å². The molecule has 4 rings (SSSR count). The molecule has 0 bridgehead atoms. The highest BCUT2D eigenvalue weighted by Gasteiger charge is 2.13. The summed E-state index contributed by atoms with van der Waals surface area (Å²) in [7, 11) is 1.49. The maximum Gasteiger partial charge on any atom is 0.308 e. The van der Waals surface area contributed by atoms with Crippen molar-refractivity contribution in [3.63, 3.8) is 0 Å². The van der Waals surface area contributed by atoms with Crippen molar-refractivity contribution in [2.24, 2.45) is 0 Å². The molecule has 0 aliphatic rings. The number of nitrogens with zero attached hydrogens (tertiary/aromatic N) is 3. The van der Waals surface area contributed by atoms with Gasteiger partial charge in [0.25, 0.3) is 5.56 Å². The Kier molecular flexibility index (Phi) is 6.69. The van der Waals surface area contributed by atoms with E-state index in [-0.39, 0.29) is 5.56 Å². The Morgan fingerprint density at radius 3 is 2.61 bits per heavy atom. The average molecular weight is 466 g/mol. The summed E-state index contributed by atoms with van der Waals surface area (Å²) in [6.45, 7) is 4.13. The number of unbranched alkanes of at least 4 members (excludes halogenated alkanes) is 1. The quantitative estimate of drug-likeness (QED) is 0.223. The zero-order chi connectivity index (χ0) is 23.4. The summed E-state index contributed by atoms with van der Waals surface area (Å²) in [5.74, 6) is 1.56. The van der Waals surface area contributed by atoms with Crippen LogP contribution in [0.5, 0.6) is 17.2 Å². The molecule has 170 valence electrons. The first kappa shape index (κ1) is 22.5. The number of esters is 1. The van der Waals surface area contributed by atoms with Crippen LogP contribution in [0, 0.1) is 0 Å². The molecule has 0 atom stereocenters. The number of hydrogen-bond donors (Lipinski definition) is 0. The molecule has 0 radical (unpaired) electrons. The van der Waals surface area contributed by atoms with E-state index < -0.39 is 5.97 Å². The zero-order valence-electron chi connectivity index (χ0n) is 18.5. The minimum Gasteiger partial charge on any atom is -0.494 e. The maximum absolute atomic E-state index is 12.9. The van der Waals surface area contributed by atoms with Gasteiger partial charge >= 0.3 is 5.97 Å². The Labute approximate surface area is 194 Å². The fourth-order valence-electron chi connectivity index (χ4n) is 3.16. The van der Waals surface area contributed by atoms with Crippen LogP contribution in [0.15, 0.2) is 47.3 Å². The molecule has 0 aliphatic carbocycles. The van der Waals surface area contributed by atoms with Gasteiger partial charge in [0.15, 0.2) is 17.3 Å². The van der Waals surface area contributed by atoms with Crippen molar-refractivity contribution in [2.45, 2.75) is 26.7 Å². The molecular formula is C24H23N3O5S. The Morgan fingerprint density at radius 2 is 1.94 bits per heavy atom. The highest BCUT2D eigenvalue weighted by Crippen LogP contribution is 2.28. The molecule has 0 aliphatic heterocycles. The van der Waals surface area contributed by atoms with Gasteiger partial charge in [-0.25, -0.2) is 0 Å². The standard InChI is InChI=1S/C24H23N3O5S/c1-4-5-12-31-18-9-7-17(8-10-18)22-25-24-27(26-22)23(29)21(33-24)14-16-6-11-19(32-15(2)28)20(13-16)30-3/h6-11,13-14H,4-5,12H2,1-3H3/b21-14+. The second-order valence-corrected chi connectivity index (χ2v) is 8.29. The number of methoxy groups -OCH3 is 1. The van der Waals surface area contributed by atoms with Gasteiger partial charge in [0, 0.05) is 12.5 Å². The third-order valence-electron chi connectivity index (χ3n) is 4.80. The van der Waals surface area contributed by atoms with Gasteiger partial charge in [0.1, 0.15) is 5.75 Å². The molecule has 8 nitrogen and oxygen atoms in total. The Bertz CT molecular complexity index is 1390. The molecule has 2 heterocycles. The van der Waals surface area contributed by atoms with E-state index in [9.17, 15) is 9.59 Å². The maximum atomic E-state index is 12.9. The fraction of sp³-hybridized carbons (Fsp3) is 0.250. The van der Waals surface area contributed by atoms with Crippen LogP contribution in [-0.2, 0) is 4.79 Å². The molecule has 0 saturated heterocycles. The average Bonchev–Trinajstić information content (AvgIpc) is 3.34. The summed E-state index contributed by atoms with van der Waals surface area (Å²) in [6.07, 6.45) is 3.82. The van der Waals surface area contributed by atoms with E-state index in [0.717, 1.165) is 29.7 Å². The van der Waals surface area contributed by atoms with Crippen LogP contribution in [0.3, 0.4) is 0 Å². The van der Waals surface area contributed by atoms with Crippen molar-refractivity contribution in [3.05, 3.63) is 62.9 Å². The SMILES string of the molecule is CCCCOc1ccc(-c2nc3s/c(=C/c4ccc(OC(C)=O)c(OC)c4)c(=O)n3n2)cc1. The summed E-state index contributed by atoms with van der Waals surface area (Å²) in [5.41, 5.74) is 1.28. The van der Waals surface area contributed by atoms with Gasteiger partial charge in [-0.15, -0.1) is 5.10 Å². The highest BCUT2D eigenvalue weighted by atomic mass is 32.1. The third-order valence-corrected chi connectivity index (χ3v) is 5.76. The number of benzene rings is 2. The van der Waals surface area contributed by atoms with Crippen LogP contribution in [0.1, 0.15) is 32.3 Å². The van der Waals surface area contributed by atoms with Gasteiger partial charge in [-0.2, -0.15) is 9.50 Å². The highest BCUT2D eigenvalue weighted by molar-refractivity contribution is 7.15. The largest absolute Gasteiger partial charge is 0.494 e. The van der Waals surface area contributed by atoms with Gasteiger partial charge in [0.05, 0.1) is 18.2 Å². The number of hydrogen-bond acceptors (Lipinski definition) is 8. The van der Waals surface area contributed by atoms with Crippen molar-refractivity contribution in [3.8, 4) is 28.6 Å². The first-order valence-electron chi connectivity index (χ1n) is 10.5. The van der Waals surface area contributed by atoms with Gasteiger partial charge in [-0.3, -0.25) is 9.59 Å². The van der Waals surface area contributed by atoms with E-state index in [2.05, 4.69) is 17.0 Å². The molecule has 33 heavy (non-hydrogen) atoms. The molecule has 9 heteroatoms. The number of fused-ring (bicyclic) bond motifs is 1. The molecule has 0 saturated carbocycles. The van der Waals surface area contributed by atoms with Gasteiger partial charge in [-0.1, -0.05) is 30.7 Å². The van der Waals surface area contributed by atoms with Crippen molar-refractivity contribution in [1.29, 1.82) is 0 Å². The Balaban J connectivity index is 1.60. The first-order valence-corrected chi connectivity index (χ1v) is 11.3. The number of carbonyl (C=O) groups excluding carboxylic acids is 1. The third kappa shape index (κ3) is 5.04. The van der Waals surface area contributed by atoms with Gasteiger partial charge in [0.2, 0.25) is 4.96 Å². The van der Waals surface area contributed by atoms with Crippen LogP contribution in [-0.4, -0.2) is 34.3 Å². The van der Waals surface area contributed by atoms with E-state index >= 15 is 0 Å². The summed E-state index contributed by atoms with van der Waals surface area (Å²) in [4.78, 5) is 29.1. The Morgan fingerprint density at radius 1 is 1.15 bits per heavy atom. The van der Waals surface area contributed by atoms with Gasteiger partial charge < -0.3 is 14.2 Å². The Hall–Kier alpha value is -3.72. The van der Waals surface area contributed by atoms with Crippen LogP contribution < -0.4 is 24.3 Å². The first-order chi connectivity index (χ1) is 16.0. The van der Waals surface area contributed by atoms with Crippen LogP contribution >= 0.6 is 11.3 Å². The summed E-state index contributed by atoms with van der Waals surface area (Å²) < 4.78 is 17.9. The number of thiazole rings is 1. The predicted octanol–water partition coefficient (Wildman–Crippen LogP) is 3.48. The van der Waals surface area contributed by atoms with E-state index in [1.165, 1.54) is 29.9 Å². The number of ether oxygens (including phenoxy) is 3. The molecule has 0 amide bonds. The topological polar surface area (TPSA) is 92.0 Å². The molecule has 0 spiro atoms. The van der Waals surface area contributed by atoms with Crippen LogP contribution in [0.25, 0.3) is 22.4 Å². The lowest BCUT2D eigenvalue weighted by Crippen LogP contribution is -2.23. The summed E-state index contributed by atoms with van der Waals surface area (Å²) >= 11 is 1.25. The van der Waals surface area contributed by atoms with E-state index in [1.807, 2.05) is 24.3 Å². The lowest BCUT2D eigenvalue weighted by Gasteiger charge is -2.08.